The van der Waals surface area contributed by atoms with E-state index in [-0.39, 0.29) is 5.95 Å². The van der Waals surface area contributed by atoms with Crippen molar-refractivity contribution in [3.8, 4) is 0 Å². The zero-order chi connectivity index (χ0) is 15.6. The summed E-state index contributed by atoms with van der Waals surface area (Å²) >= 11 is 0. The summed E-state index contributed by atoms with van der Waals surface area (Å²) in [6.45, 7) is 0. The highest BCUT2D eigenvalue weighted by atomic mass is 32.2. The molecule has 0 aliphatic heterocycles. The van der Waals surface area contributed by atoms with Gasteiger partial charge in [0.1, 0.15) is 0 Å². The highest BCUT2D eigenvalue weighted by molar-refractivity contribution is 7.92. The summed E-state index contributed by atoms with van der Waals surface area (Å²) in [5, 5.41) is 24.3. The Morgan fingerprint density at radius 1 is 1.38 bits per heavy atom. The van der Waals surface area contributed by atoms with Crippen LogP contribution in [0, 0.1) is 10.1 Å². The second kappa shape index (κ2) is 5.32. The molecule has 0 amide bonds. The van der Waals surface area contributed by atoms with Gasteiger partial charge in [-0.15, -0.1) is 5.10 Å². The molecule has 11 nitrogen and oxygen atoms in total. The van der Waals surface area contributed by atoms with Gasteiger partial charge in [-0.1, -0.05) is 5.10 Å². The lowest BCUT2D eigenvalue weighted by molar-refractivity contribution is -0.387. The molecule has 0 aliphatic carbocycles. The maximum Gasteiger partial charge on any atom is 0.290 e. The third-order valence-electron chi connectivity index (χ3n) is 2.47. The van der Waals surface area contributed by atoms with Gasteiger partial charge in [0.25, 0.3) is 21.7 Å². The lowest BCUT2D eigenvalue weighted by atomic mass is 10.3. The Bertz CT molecular complexity index is 785. The Balaban J connectivity index is 2.49. The molecule has 0 fully saturated rings. The first-order chi connectivity index (χ1) is 9.83. The van der Waals surface area contributed by atoms with E-state index in [1.165, 1.54) is 13.1 Å². The Morgan fingerprint density at radius 3 is 2.62 bits per heavy atom. The van der Waals surface area contributed by atoms with Crippen molar-refractivity contribution in [2.75, 3.05) is 17.1 Å². The number of nitrogens with zero attached hydrogens (tertiary/aromatic N) is 5. The molecule has 0 bridgehead atoms. The van der Waals surface area contributed by atoms with Crippen LogP contribution in [0.3, 0.4) is 0 Å². The largest absolute Gasteiger partial charge is 0.388 e. The molecule has 0 unspecified atom stereocenters. The van der Waals surface area contributed by atoms with Crippen LogP contribution in [0.25, 0.3) is 0 Å². The number of nitro benzene ring substituents is 1. The second-order valence-corrected chi connectivity index (χ2v) is 5.55. The highest BCUT2D eigenvalue weighted by Gasteiger charge is 2.27. The number of aryl methyl sites for hydroxylation is 1. The summed E-state index contributed by atoms with van der Waals surface area (Å²) in [6, 6.07) is 3.65. The Labute approximate surface area is 119 Å². The SMILES string of the molecule is CNc1ccc([N+](=O)[O-])c(S(=O)(=O)Nc2nnn(C)n2)c1. The summed E-state index contributed by atoms with van der Waals surface area (Å²) in [5.41, 5.74) is -0.140. The first-order valence-corrected chi connectivity index (χ1v) is 7.05. The van der Waals surface area contributed by atoms with E-state index in [0.29, 0.717) is 5.69 Å². The van der Waals surface area contributed by atoms with Gasteiger partial charge in [0.05, 0.1) is 12.0 Å². The zero-order valence-electron chi connectivity index (χ0n) is 11.0. The maximum atomic E-state index is 12.2. The van der Waals surface area contributed by atoms with Crippen molar-refractivity contribution in [2.24, 2.45) is 7.05 Å². The third-order valence-corrected chi connectivity index (χ3v) is 3.83. The van der Waals surface area contributed by atoms with Crippen molar-refractivity contribution >= 4 is 27.3 Å². The molecule has 1 aromatic carbocycles. The van der Waals surface area contributed by atoms with Crippen molar-refractivity contribution in [3.05, 3.63) is 28.3 Å². The summed E-state index contributed by atoms with van der Waals surface area (Å²) in [7, 11) is -1.20. The second-order valence-electron chi connectivity index (χ2n) is 3.90. The van der Waals surface area contributed by atoms with Gasteiger partial charge in [0.2, 0.25) is 0 Å². The van der Waals surface area contributed by atoms with E-state index in [4.69, 9.17) is 0 Å². The number of anilines is 2. The maximum absolute atomic E-state index is 12.2. The molecule has 0 radical (unpaired) electrons. The van der Waals surface area contributed by atoms with Gasteiger partial charge < -0.3 is 5.32 Å². The highest BCUT2D eigenvalue weighted by Crippen LogP contribution is 2.27. The van der Waals surface area contributed by atoms with E-state index in [9.17, 15) is 18.5 Å². The molecule has 2 N–H and O–H groups in total. The summed E-state index contributed by atoms with van der Waals surface area (Å²) in [6.07, 6.45) is 0. The molecule has 0 saturated carbocycles. The van der Waals surface area contributed by atoms with Crippen LogP contribution < -0.4 is 10.0 Å². The Morgan fingerprint density at radius 2 is 2.10 bits per heavy atom. The Kier molecular flexibility index (Phi) is 3.71. The molecule has 1 heterocycles. The van der Waals surface area contributed by atoms with Crippen LogP contribution in [0.5, 0.6) is 0 Å². The molecular weight excluding hydrogens is 302 g/mol. The molecule has 0 saturated heterocycles. The van der Waals surface area contributed by atoms with Crippen LogP contribution in [0.15, 0.2) is 23.1 Å². The lowest BCUT2D eigenvalue weighted by Gasteiger charge is -2.07. The first-order valence-electron chi connectivity index (χ1n) is 5.56. The van der Waals surface area contributed by atoms with Gasteiger partial charge in [-0.05, 0) is 17.3 Å². The van der Waals surface area contributed by atoms with Crippen molar-refractivity contribution in [3.63, 3.8) is 0 Å². The summed E-state index contributed by atoms with van der Waals surface area (Å²) < 4.78 is 26.5. The molecule has 21 heavy (non-hydrogen) atoms. The number of aromatic nitrogens is 4. The molecular formula is C9H11N7O4S. The van der Waals surface area contributed by atoms with E-state index in [1.807, 2.05) is 4.72 Å². The molecule has 1 aromatic heterocycles. The predicted molar refractivity (Wildman–Crippen MR) is 72.2 cm³/mol. The van der Waals surface area contributed by atoms with Gasteiger partial charge in [-0.2, -0.15) is 4.80 Å². The Hall–Kier alpha value is -2.76. The third kappa shape index (κ3) is 3.05. The number of hydrogen-bond acceptors (Lipinski definition) is 8. The quantitative estimate of drug-likeness (QED) is 0.577. The number of nitrogens with one attached hydrogen (secondary N) is 2. The fourth-order valence-electron chi connectivity index (χ4n) is 1.54. The molecule has 12 heteroatoms. The van der Waals surface area contributed by atoms with Gasteiger partial charge in [-0.3, -0.25) is 10.1 Å². The monoisotopic (exact) mass is 313 g/mol. The van der Waals surface area contributed by atoms with Crippen molar-refractivity contribution in [1.82, 2.24) is 20.2 Å². The number of nitro groups is 1. The molecule has 0 spiro atoms. The van der Waals surface area contributed by atoms with Crippen LogP contribution in [-0.2, 0) is 17.1 Å². The van der Waals surface area contributed by atoms with Crippen LogP contribution in [0.2, 0.25) is 0 Å². The molecule has 0 atom stereocenters. The molecule has 2 rings (SSSR count). The number of tetrazole rings is 1. The van der Waals surface area contributed by atoms with Crippen molar-refractivity contribution < 1.29 is 13.3 Å². The number of sulfonamides is 1. The standard InChI is InChI=1S/C9H11N7O4S/c1-10-6-3-4-7(16(17)18)8(5-6)21(19,20)13-9-11-14-15(2)12-9/h3-5,10H,1-2H3,(H,12,13). The van der Waals surface area contributed by atoms with E-state index >= 15 is 0 Å². The topological polar surface area (TPSA) is 145 Å². The van der Waals surface area contributed by atoms with Crippen LogP contribution in [-0.4, -0.2) is 40.6 Å². The number of rotatable bonds is 5. The minimum atomic E-state index is -4.22. The van der Waals surface area contributed by atoms with E-state index < -0.39 is 25.5 Å². The number of benzene rings is 1. The normalized spacial score (nSPS) is 11.1. The average molecular weight is 313 g/mol. The van der Waals surface area contributed by atoms with Crippen LogP contribution >= 0.6 is 0 Å². The van der Waals surface area contributed by atoms with Crippen molar-refractivity contribution in [1.29, 1.82) is 0 Å². The van der Waals surface area contributed by atoms with E-state index in [1.54, 1.807) is 7.05 Å². The number of hydrogen-bond donors (Lipinski definition) is 2. The van der Waals surface area contributed by atoms with Crippen molar-refractivity contribution in [2.45, 2.75) is 4.90 Å². The minimum absolute atomic E-state index is 0.276. The van der Waals surface area contributed by atoms with Gasteiger partial charge in [-0.25, -0.2) is 13.1 Å². The fourth-order valence-corrected chi connectivity index (χ4v) is 2.67. The first kappa shape index (κ1) is 14.6. The zero-order valence-corrected chi connectivity index (χ0v) is 11.8. The smallest absolute Gasteiger partial charge is 0.290 e. The average Bonchev–Trinajstić information content (AvgIpc) is 2.82. The summed E-state index contributed by atoms with van der Waals surface area (Å²) in [4.78, 5) is 10.7. The van der Waals surface area contributed by atoms with Gasteiger partial charge in [0.15, 0.2) is 4.90 Å². The molecule has 2 aromatic rings. The molecule has 112 valence electrons. The lowest BCUT2D eigenvalue weighted by Crippen LogP contribution is -2.16. The predicted octanol–water partition coefficient (Wildman–Crippen LogP) is -0.0392. The van der Waals surface area contributed by atoms with Gasteiger partial charge >= 0.3 is 0 Å². The van der Waals surface area contributed by atoms with E-state index in [2.05, 4.69) is 20.7 Å². The molecule has 0 aliphatic rings. The minimum Gasteiger partial charge on any atom is -0.388 e. The van der Waals surface area contributed by atoms with E-state index in [0.717, 1.165) is 16.9 Å². The summed E-state index contributed by atoms with van der Waals surface area (Å²) in [5.74, 6) is -0.276. The fraction of sp³-hybridized carbons (Fsp3) is 0.222. The van der Waals surface area contributed by atoms with Crippen LogP contribution in [0.4, 0.5) is 17.3 Å². The van der Waals surface area contributed by atoms with Gasteiger partial charge in [0, 0.05) is 18.8 Å². The van der Waals surface area contributed by atoms with Crippen LogP contribution in [0.1, 0.15) is 0 Å².